The summed E-state index contributed by atoms with van der Waals surface area (Å²) in [6.45, 7) is 14.8. The van der Waals surface area contributed by atoms with E-state index < -0.39 is 0 Å². The van der Waals surface area contributed by atoms with E-state index in [0.717, 1.165) is 23.6 Å². The van der Waals surface area contributed by atoms with Crippen molar-refractivity contribution < 1.29 is 0 Å². The Morgan fingerprint density at radius 2 is 1.57 bits per heavy atom. The average molecular weight is 217 g/mol. The van der Waals surface area contributed by atoms with E-state index in [1.165, 1.54) is 5.75 Å². The van der Waals surface area contributed by atoms with Crippen LogP contribution < -0.4 is 5.32 Å². The number of hydrogen-bond donors (Lipinski definition) is 1. The van der Waals surface area contributed by atoms with Crippen molar-refractivity contribution >= 4 is 11.8 Å². The van der Waals surface area contributed by atoms with E-state index in [4.69, 9.17) is 0 Å². The molecule has 1 atom stereocenters. The second-order valence-corrected chi connectivity index (χ2v) is 6.56. The molecule has 1 unspecified atom stereocenters. The van der Waals surface area contributed by atoms with Gasteiger partial charge in [-0.2, -0.15) is 11.8 Å². The van der Waals surface area contributed by atoms with Gasteiger partial charge in [0.05, 0.1) is 0 Å². The maximum Gasteiger partial charge on any atom is 0.00105 e. The van der Waals surface area contributed by atoms with E-state index in [1.54, 1.807) is 0 Å². The van der Waals surface area contributed by atoms with Gasteiger partial charge in [-0.25, -0.2) is 0 Å². The van der Waals surface area contributed by atoms with Crippen molar-refractivity contribution in [1.82, 2.24) is 5.32 Å². The summed E-state index contributed by atoms with van der Waals surface area (Å²) in [5, 5.41) is 4.30. The molecule has 0 fully saturated rings. The first-order valence-corrected chi connectivity index (χ1v) is 6.83. The standard InChI is InChI=1S/C12H27NS/c1-9(2)12(7-13-10(3)4)8-14-11(5)6/h9-13H,7-8H2,1-6H3. The molecule has 0 saturated heterocycles. The molecule has 0 saturated carbocycles. The summed E-state index contributed by atoms with van der Waals surface area (Å²) in [4.78, 5) is 0. The molecule has 14 heavy (non-hydrogen) atoms. The minimum Gasteiger partial charge on any atom is -0.314 e. The molecular formula is C12H27NS. The first-order chi connectivity index (χ1) is 6.43. The molecule has 0 aromatic carbocycles. The second kappa shape index (κ2) is 7.58. The van der Waals surface area contributed by atoms with Crippen molar-refractivity contribution in [1.29, 1.82) is 0 Å². The Morgan fingerprint density at radius 3 is 1.93 bits per heavy atom. The molecule has 0 aromatic heterocycles. The van der Waals surface area contributed by atoms with Crippen molar-refractivity contribution in [2.75, 3.05) is 12.3 Å². The van der Waals surface area contributed by atoms with Crippen LogP contribution in [0.2, 0.25) is 0 Å². The minimum absolute atomic E-state index is 0.611. The zero-order valence-corrected chi connectivity index (χ0v) is 11.4. The van der Waals surface area contributed by atoms with Crippen LogP contribution in [0, 0.1) is 11.8 Å². The monoisotopic (exact) mass is 217 g/mol. The summed E-state index contributed by atoms with van der Waals surface area (Å²) in [5.74, 6) is 2.88. The van der Waals surface area contributed by atoms with Gasteiger partial charge >= 0.3 is 0 Å². The molecule has 0 rings (SSSR count). The molecule has 86 valence electrons. The molecule has 2 heteroatoms. The molecule has 0 aliphatic rings. The van der Waals surface area contributed by atoms with Gasteiger partial charge in [0.25, 0.3) is 0 Å². The van der Waals surface area contributed by atoms with Crippen LogP contribution in [-0.2, 0) is 0 Å². The normalized spacial score (nSPS) is 14.4. The van der Waals surface area contributed by atoms with E-state index in [-0.39, 0.29) is 0 Å². The van der Waals surface area contributed by atoms with Crippen molar-refractivity contribution in [3.05, 3.63) is 0 Å². The molecule has 0 spiro atoms. The van der Waals surface area contributed by atoms with E-state index in [9.17, 15) is 0 Å². The Balaban J connectivity index is 3.78. The summed E-state index contributed by atoms with van der Waals surface area (Å²) in [6, 6.07) is 0.611. The fourth-order valence-electron chi connectivity index (χ4n) is 1.19. The van der Waals surface area contributed by atoms with Crippen LogP contribution in [0.15, 0.2) is 0 Å². The van der Waals surface area contributed by atoms with Gasteiger partial charge < -0.3 is 5.32 Å². The van der Waals surface area contributed by atoms with Gasteiger partial charge in [-0.15, -0.1) is 0 Å². The van der Waals surface area contributed by atoms with Crippen molar-refractivity contribution in [3.8, 4) is 0 Å². The molecule has 1 N–H and O–H groups in total. The predicted octanol–water partition coefficient (Wildman–Crippen LogP) is 3.40. The maximum absolute atomic E-state index is 3.54. The first-order valence-electron chi connectivity index (χ1n) is 5.78. The lowest BCUT2D eigenvalue weighted by Crippen LogP contribution is -2.32. The molecule has 0 aliphatic carbocycles. The van der Waals surface area contributed by atoms with Gasteiger partial charge in [-0.3, -0.25) is 0 Å². The molecular weight excluding hydrogens is 190 g/mol. The number of thioether (sulfide) groups is 1. The fraction of sp³-hybridized carbons (Fsp3) is 1.00. The van der Waals surface area contributed by atoms with Crippen molar-refractivity contribution in [2.45, 2.75) is 52.8 Å². The summed E-state index contributed by atoms with van der Waals surface area (Å²) in [7, 11) is 0. The van der Waals surface area contributed by atoms with Gasteiger partial charge in [-0.05, 0) is 29.4 Å². The van der Waals surface area contributed by atoms with Crippen LogP contribution in [0.25, 0.3) is 0 Å². The highest BCUT2D eigenvalue weighted by Gasteiger charge is 2.14. The Hall–Kier alpha value is 0.310. The number of rotatable bonds is 7. The Kier molecular flexibility index (Phi) is 7.75. The third-order valence-corrected chi connectivity index (χ3v) is 3.66. The molecule has 0 aliphatic heterocycles. The van der Waals surface area contributed by atoms with E-state index in [2.05, 4.69) is 58.6 Å². The predicted molar refractivity (Wildman–Crippen MR) is 69.1 cm³/mol. The third-order valence-electron chi connectivity index (χ3n) is 2.37. The van der Waals surface area contributed by atoms with Crippen LogP contribution in [0.4, 0.5) is 0 Å². The lowest BCUT2D eigenvalue weighted by molar-refractivity contribution is 0.385. The zero-order valence-electron chi connectivity index (χ0n) is 10.6. The summed E-state index contributed by atoms with van der Waals surface area (Å²) < 4.78 is 0. The highest BCUT2D eigenvalue weighted by Crippen LogP contribution is 2.19. The molecule has 0 bridgehead atoms. The largest absolute Gasteiger partial charge is 0.314 e. The molecule has 1 nitrogen and oxygen atoms in total. The average Bonchev–Trinajstić information content (AvgIpc) is 2.02. The molecule has 0 aromatic rings. The first kappa shape index (κ1) is 14.3. The lowest BCUT2D eigenvalue weighted by atomic mass is 9.98. The third kappa shape index (κ3) is 7.69. The van der Waals surface area contributed by atoms with Crippen LogP contribution in [0.1, 0.15) is 41.5 Å². The zero-order chi connectivity index (χ0) is 11.1. The Morgan fingerprint density at radius 1 is 1.00 bits per heavy atom. The number of nitrogens with one attached hydrogen (secondary N) is 1. The van der Waals surface area contributed by atoms with Gasteiger partial charge in [-0.1, -0.05) is 41.5 Å². The fourth-order valence-corrected chi connectivity index (χ4v) is 2.33. The maximum atomic E-state index is 3.54. The summed E-state index contributed by atoms with van der Waals surface area (Å²) >= 11 is 2.08. The number of hydrogen-bond acceptors (Lipinski definition) is 2. The van der Waals surface area contributed by atoms with Gasteiger partial charge in [0.1, 0.15) is 0 Å². The van der Waals surface area contributed by atoms with Crippen LogP contribution in [0.3, 0.4) is 0 Å². The second-order valence-electron chi connectivity index (χ2n) is 4.95. The molecule has 0 heterocycles. The SMILES string of the molecule is CC(C)NCC(CSC(C)C)C(C)C. The smallest absolute Gasteiger partial charge is 0.00105 e. The highest BCUT2D eigenvalue weighted by molar-refractivity contribution is 7.99. The van der Waals surface area contributed by atoms with Crippen LogP contribution in [-0.4, -0.2) is 23.6 Å². The van der Waals surface area contributed by atoms with Crippen LogP contribution >= 0.6 is 11.8 Å². The summed E-state index contributed by atoms with van der Waals surface area (Å²) in [6.07, 6.45) is 0. The lowest BCUT2D eigenvalue weighted by Gasteiger charge is -2.23. The van der Waals surface area contributed by atoms with Gasteiger partial charge in [0.15, 0.2) is 0 Å². The molecule has 0 radical (unpaired) electrons. The Bertz CT molecular complexity index is 120. The Labute approximate surface area is 94.4 Å². The van der Waals surface area contributed by atoms with Crippen molar-refractivity contribution in [3.63, 3.8) is 0 Å². The van der Waals surface area contributed by atoms with Crippen molar-refractivity contribution in [2.24, 2.45) is 11.8 Å². The van der Waals surface area contributed by atoms with E-state index >= 15 is 0 Å². The van der Waals surface area contributed by atoms with Crippen LogP contribution in [0.5, 0.6) is 0 Å². The van der Waals surface area contributed by atoms with E-state index in [0.29, 0.717) is 6.04 Å². The quantitative estimate of drug-likeness (QED) is 0.701. The minimum atomic E-state index is 0.611. The van der Waals surface area contributed by atoms with Gasteiger partial charge in [0, 0.05) is 6.04 Å². The topological polar surface area (TPSA) is 12.0 Å². The molecule has 0 amide bonds. The van der Waals surface area contributed by atoms with E-state index in [1.807, 2.05) is 0 Å². The van der Waals surface area contributed by atoms with Gasteiger partial charge in [0.2, 0.25) is 0 Å². The highest BCUT2D eigenvalue weighted by atomic mass is 32.2. The summed E-state index contributed by atoms with van der Waals surface area (Å²) in [5.41, 5.74) is 0.